The number of nitrogens with two attached hydrogens (primary N) is 1. The highest BCUT2D eigenvalue weighted by molar-refractivity contribution is 7.92. The summed E-state index contributed by atoms with van der Waals surface area (Å²) in [5.74, 6) is 0.950. The minimum absolute atomic E-state index is 0.0493. The lowest BCUT2D eigenvalue weighted by molar-refractivity contribution is 0.172. The summed E-state index contributed by atoms with van der Waals surface area (Å²) in [6.45, 7) is 0.843. The van der Waals surface area contributed by atoms with E-state index in [1.807, 2.05) is 0 Å². The van der Waals surface area contributed by atoms with E-state index in [0.29, 0.717) is 24.7 Å². The predicted molar refractivity (Wildman–Crippen MR) is 71.2 cm³/mol. The maximum Gasteiger partial charge on any atom is 0.278 e. The van der Waals surface area contributed by atoms with Crippen LogP contribution < -0.4 is 19.9 Å². The lowest BCUT2D eigenvalue weighted by Gasteiger charge is -2.20. The summed E-state index contributed by atoms with van der Waals surface area (Å²) in [4.78, 5) is 0. The first-order chi connectivity index (χ1) is 9.56. The summed E-state index contributed by atoms with van der Waals surface area (Å²) >= 11 is 0. The zero-order valence-corrected chi connectivity index (χ0v) is 11.1. The van der Waals surface area contributed by atoms with Crippen molar-refractivity contribution in [2.75, 3.05) is 23.7 Å². The number of benzene rings is 1. The van der Waals surface area contributed by atoms with E-state index in [1.54, 1.807) is 0 Å². The van der Waals surface area contributed by atoms with Crippen LogP contribution >= 0.6 is 0 Å². The Morgan fingerprint density at radius 3 is 2.60 bits per heavy atom. The number of sulfonamides is 1. The van der Waals surface area contributed by atoms with Gasteiger partial charge in [0.1, 0.15) is 13.2 Å². The van der Waals surface area contributed by atoms with Gasteiger partial charge < -0.3 is 15.2 Å². The van der Waals surface area contributed by atoms with E-state index in [1.165, 1.54) is 24.4 Å². The second-order valence-corrected chi connectivity index (χ2v) is 5.76. The molecule has 1 aliphatic rings. The number of ether oxygens (including phenoxy) is 2. The molecule has 0 atom stereocenters. The number of fused-ring (bicyclic) bond motifs is 1. The predicted octanol–water partition coefficient (Wildman–Crippen LogP) is 0.564. The fraction of sp³-hybridized carbons (Fsp3) is 0.182. The van der Waals surface area contributed by atoms with Crippen LogP contribution in [0.4, 0.5) is 11.4 Å². The summed E-state index contributed by atoms with van der Waals surface area (Å²) in [7, 11) is -3.76. The molecule has 1 aromatic carbocycles. The average molecular weight is 296 g/mol. The van der Waals surface area contributed by atoms with Crippen LogP contribution in [-0.4, -0.2) is 31.8 Å². The molecule has 20 heavy (non-hydrogen) atoms. The van der Waals surface area contributed by atoms with E-state index in [4.69, 9.17) is 15.2 Å². The second-order valence-electron chi connectivity index (χ2n) is 4.11. The van der Waals surface area contributed by atoms with E-state index >= 15 is 0 Å². The van der Waals surface area contributed by atoms with Crippen molar-refractivity contribution < 1.29 is 17.9 Å². The van der Waals surface area contributed by atoms with Gasteiger partial charge in [-0.05, 0) is 6.07 Å². The zero-order chi connectivity index (χ0) is 14.2. The number of hydrogen-bond donors (Lipinski definition) is 3. The van der Waals surface area contributed by atoms with Gasteiger partial charge in [-0.2, -0.15) is 13.5 Å². The second kappa shape index (κ2) is 4.60. The molecule has 1 aliphatic heterocycles. The molecule has 3 rings (SSSR count). The maximum atomic E-state index is 12.1. The maximum absolute atomic E-state index is 12.1. The number of nitrogen functional groups attached to an aromatic ring is 1. The number of aromatic nitrogens is 2. The highest BCUT2D eigenvalue weighted by Crippen LogP contribution is 2.37. The van der Waals surface area contributed by atoms with Gasteiger partial charge >= 0.3 is 0 Å². The number of aromatic amines is 1. The highest BCUT2D eigenvalue weighted by atomic mass is 32.2. The molecule has 0 saturated heterocycles. The Balaban J connectivity index is 1.95. The van der Waals surface area contributed by atoms with Gasteiger partial charge in [0.25, 0.3) is 10.0 Å². The van der Waals surface area contributed by atoms with E-state index in [9.17, 15) is 8.42 Å². The lowest BCUT2D eigenvalue weighted by atomic mass is 10.2. The standard InChI is InChI=1S/C11H12N4O4S/c12-7-5-9-10(19-4-3-18-9)6-8(7)15-20(16,17)11-1-2-13-14-11/h1-2,5-6,15H,3-4,12H2,(H,13,14). The molecule has 0 amide bonds. The summed E-state index contributed by atoms with van der Waals surface area (Å²) in [6, 6.07) is 4.37. The van der Waals surface area contributed by atoms with Crippen molar-refractivity contribution in [3.8, 4) is 11.5 Å². The van der Waals surface area contributed by atoms with Crippen LogP contribution in [0.2, 0.25) is 0 Å². The minimum atomic E-state index is -3.76. The summed E-state index contributed by atoms with van der Waals surface area (Å²) in [6.07, 6.45) is 1.35. The number of rotatable bonds is 3. The van der Waals surface area contributed by atoms with Gasteiger partial charge in [0.05, 0.1) is 17.6 Å². The quantitative estimate of drug-likeness (QED) is 0.712. The van der Waals surface area contributed by atoms with Crippen molar-refractivity contribution in [1.82, 2.24) is 10.2 Å². The van der Waals surface area contributed by atoms with E-state index in [2.05, 4.69) is 14.9 Å². The largest absolute Gasteiger partial charge is 0.486 e. The number of nitrogens with one attached hydrogen (secondary N) is 2. The molecule has 2 aromatic rings. The van der Waals surface area contributed by atoms with Crippen molar-refractivity contribution in [2.45, 2.75) is 5.03 Å². The van der Waals surface area contributed by atoms with Crippen LogP contribution in [0.1, 0.15) is 0 Å². The smallest absolute Gasteiger partial charge is 0.278 e. The van der Waals surface area contributed by atoms with Gasteiger partial charge in [-0.25, -0.2) is 0 Å². The summed E-state index contributed by atoms with van der Waals surface area (Å²) in [5.41, 5.74) is 6.29. The molecule has 0 saturated carbocycles. The van der Waals surface area contributed by atoms with Crippen molar-refractivity contribution in [1.29, 1.82) is 0 Å². The van der Waals surface area contributed by atoms with Crippen LogP contribution in [0.15, 0.2) is 29.4 Å². The molecule has 8 nitrogen and oxygen atoms in total. The van der Waals surface area contributed by atoms with Crippen LogP contribution in [0.5, 0.6) is 11.5 Å². The number of anilines is 2. The van der Waals surface area contributed by atoms with Gasteiger partial charge in [0, 0.05) is 12.1 Å². The van der Waals surface area contributed by atoms with Crippen molar-refractivity contribution in [2.24, 2.45) is 0 Å². The Bertz CT molecular complexity index is 727. The Labute approximate surface area is 114 Å². The normalized spacial score (nSPS) is 14.0. The molecule has 106 valence electrons. The third kappa shape index (κ3) is 2.23. The third-order valence-electron chi connectivity index (χ3n) is 2.72. The monoisotopic (exact) mass is 296 g/mol. The number of nitrogens with zero attached hydrogens (tertiary/aromatic N) is 1. The molecule has 0 fully saturated rings. The van der Waals surface area contributed by atoms with Crippen molar-refractivity contribution in [3.05, 3.63) is 24.4 Å². The third-order valence-corrected chi connectivity index (χ3v) is 4.02. The molecule has 4 N–H and O–H groups in total. The Morgan fingerprint density at radius 2 is 1.95 bits per heavy atom. The molecule has 0 bridgehead atoms. The summed E-state index contributed by atoms with van der Waals surface area (Å²) < 4.78 is 37.3. The molecule has 0 aliphatic carbocycles. The molecular formula is C11H12N4O4S. The van der Waals surface area contributed by atoms with Gasteiger partial charge in [0.2, 0.25) is 0 Å². The molecule has 2 heterocycles. The fourth-order valence-corrected chi connectivity index (χ4v) is 2.77. The Kier molecular flexibility index (Phi) is 2.90. The van der Waals surface area contributed by atoms with E-state index in [-0.39, 0.29) is 16.4 Å². The minimum Gasteiger partial charge on any atom is -0.486 e. The Morgan fingerprint density at radius 1 is 1.25 bits per heavy atom. The van der Waals surface area contributed by atoms with Crippen LogP contribution in [-0.2, 0) is 10.0 Å². The lowest BCUT2D eigenvalue weighted by Crippen LogP contribution is -2.18. The molecule has 9 heteroatoms. The van der Waals surface area contributed by atoms with Gasteiger partial charge in [-0.3, -0.25) is 9.82 Å². The van der Waals surface area contributed by atoms with E-state index < -0.39 is 10.0 Å². The van der Waals surface area contributed by atoms with Crippen LogP contribution in [0, 0.1) is 0 Å². The molecule has 0 radical (unpaired) electrons. The van der Waals surface area contributed by atoms with Gasteiger partial charge in [-0.1, -0.05) is 0 Å². The molecule has 0 spiro atoms. The summed E-state index contributed by atoms with van der Waals surface area (Å²) in [5, 5.41) is 5.94. The Hall–Kier alpha value is -2.42. The average Bonchev–Trinajstić information content (AvgIpc) is 2.94. The van der Waals surface area contributed by atoms with Crippen LogP contribution in [0.3, 0.4) is 0 Å². The van der Waals surface area contributed by atoms with Crippen LogP contribution in [0.25, 0.3) is 0 Å². The van der Waals surface area contributed by atoms with Crippen molar-refractivity contribution in [3.63, 3.8) is 0 Å². The zero-order valence-electron chi connectivity index (χ0n) is 10.3. The fourth-order valence-electron chi connectivity index (χ4n) is 1.79. The topological polar surface area (TPSA) is 119 Å². The molecule has 1 aromatic heterocycles. The van der Waals surface area contributed by atoms with Crippen molar-refractivity contribution >= 4 is 21.4 Å². The first-order valence-electron chi connectivity index (χ1n) is 5.77. The SMILES string of the molecule is Nc1cc2c(cc1NS(=O)(=O)c1ccn[nH]1)OCCO2. The number of hydrogen-bond acceptors (Lipinski definition) is 6. The first kappa shape index (κ1) is 12.6. The molecule has 0 unspecified atom stereocenters. The molecular weight excluding hydrogens is 284 g/mol. The van der Waals surface area contributed by atoms with Gasteiger partial charge in [0.15, 0.2) is 16.5 Å². The van der Waals surface area contributed by atoms with Gasteiger partial charge in [-0.15, -0.1) is 0 Å². The first-order valence-corrected chi connectivity index (χ1v) is 7.26. The van der Waals surface area contributed by atoms with E-state index in [0.717, 1.165) is 0 Å². The number of H-pyrrole nitrogens is 1. The highest BCUT2D eigenvalue weighted by Gasteiger charge is 2.20.